The summed E-state index contributed by atoms with van der Waals surface area (Å²) in [5.74, 6) is 1.23. The van der Waals surface area contributed by atoms with E-state index in [1.807, 2.05) is 30.3 Å². The van der Waals surface area contributed by atoms with Crippen LogP contribution in [0.5, 0.6) is 5.75 Å². The number of fused-ring (bicyclic) bond motifs is 1. The van der Waals surface area contributed by atoms with Gasteiger partial charge in [0.25, 0.3) is 5.91 Å². The Bertz CT molecular complexity index is 1520. The highest BCUT2D eigenvalue weighted by Gasteiger charge is 2.73. The number of aliphatic hydroxyl groups is 1. The number of hydrogen-bond donors (Lipinski definition) is 3. The number of piperidine rings is 1. The summed E-state index contributed by atoms with van der Waals surface area (Å²) < 4.78 is 6.77. The number of amides is 2. The van der Waals surface area contributed by atoms with E-state index < -0.39 is 17.1 Å². The van der Waals surface area contributed by atoms with Crippen LogP contribution in [-0.2, 0) is 16.6 Å². The zero-order valence-electron chi connectivity index (χ0n) is 21.7. The fraction of sp³-hybridized carbons (Fsp3) is 0.452. The third-order valence-electron chi connectivity index (χ3n) is 10.2. The van der Waals surface area contributed by atoms with E-state index in [4.69, 9.17) is 4.74 Å². The summed E-state index contributed by atoms with van der Waals surface area (Å²) >= 11 is 0. The standard InChI is InChI=1S/C31H32N4O4/c36-17-33-23-8-7-19-15-25-31(38)11-9-24(34-29(37)21-10-13-32-22-4-2-1-3-20(21)22)28-30(31,26(19)27(23)39-28)12-14-35(25)16-18-5-6-18/h1-4,7-8,10,13,17-18,24-25,28,38H,5-6,9,11-12,14-16H2,(H,33,36)(H,34,37)/t24?,25-,28?,30+,31-/m1/s1. The summed E-state index contributed by atoms with van der Waals surface area (Å²) in [5.41, 5.74) is 2.60. The van der Waals surface area contributed by atoms with Crippen molar-refractivity contribution in [3.63, 3.8) is 0 Å². The van der Waals surface area contributed by atoms with Gasteiger partial charge < -0.3 is 20.5 Å². The van der Waals surface area contributed by atoms with Gasteiger partial charge in [0.15, 0.2) is 0 Å². The maximum absolute atomic E-state index is 13.7. The van der Waals surface area contributed by atoms with Gasteiger partial charge in [0.05, 0.1) is 33.8 Å². The molecule has 1 aromatic heterocycles. The van der Waals surface area contributed by atoms with E-state index >= 15 is 0 Å². The monoisotopic (exact) mass is 524 g/mol. The molecule has 0 radical (unpaired) electrons. The number of nitrogens with one attached hydrogen (secondary N) is 2. The van der Waals surface area contributed by atoms with E-state index in [1.54, 1.807) is 12.3 Å². The number of carbonyl (C=O) groups excluding carboxylic acids is 2. The first-order chi connectivity index (χ1) is 19.0. The molecule has 3 aromatic rings. The van der Waals surface area contributed by atoms with Gasteiger partial charge in [-0.15, -0.1) is 0 Å². The molecule has 200 valence electrons. The second-order valence-corrected chi connectivity index (χ2v) is 12.1. The Morgan fingerprint density at radius 1 is 1.15 bits per heavy atom. The van der Waals surface area contributed by atoms with Gasteiger partial charge in [-0.05, 0) is 74.8 Å². The molecule has 2 amide bonds. The van der Waals surface area contributed by atoms with Crippen molar-refractivity contribution in [3.8, 4) is 5.75 Å². The lowest BCUT2D eigenvalue weighted by atomic mass is 9.48. The number of benzene rings is 2. The van der Waals surface area contributed by atoms with Crippen LogP contribution in [0.4, 0.5) is 5.69 Å². The normalized spacial score (nSPS) is 32.3. The molecule has 3 aliphatic carbocycles. The molecule has 5 aliphatic rings. The Morgan fingerprint density at radius 3 is 2.87 bits per heavy atom. The number of ether oxygens (including phenoxy) is 1. The molecule has 8 rings (SSSR count). The lowest BCUT2D eigenvalue weighted by Crippen LogP contribution is -2.78. The second kappa shape index (κ2) is 8.26. The van der Waals surface area contributed by atoms with Crippen molar-refractivity contribution in [2.24, 2.45) is 5.92 Å². The van der Waals surface area contributed by atoms with Crippen molar-refractivity contribution >= 4 is 28.9 Å². The average molecular weight is 525 g/mol. The minimum absolute atomic E-state index is 0.0158. The molecule has 1 saturated heterocycles. The molecular formula is C31H32N4O4. The molecule has 8 heteroatoms. The summed E-state index contributed by atoms with van der Waals surface area (Å²) in [5, 5.41) is 19.7. The van der Waals surface area contributed by atoms with Gasteiger partial charge in [-0.2, -0.15) is 0 Å². The number of anilines is 1. The molecule has 3 N–H and O–H groups in total. The molecule has 3 heterocycles. The Labute approximate surface area is 226 Å². The highest BCUT2D eigenvalue weighted by atomic mass is 16.5. The second-order valence-electron chi connectivity index (χ2n) is 12.1. The number of carbonyl (C=O) groups is 2. The molecule has 2 saturated carbocycles. The van der Waals surface area contributed by atoms with E-state index in [2.05, 4.69) is 26.6 Å². The number of hydrogen-bond acceptors (Lipinski definition) is 6. The van der Waals surface area contributed by atoms with E-state index in [-0.39, 0.29) is 18.0 Å². The predicted molar refractivity (Wildman–Crippen MR) is 146 cm³/mol. The number of pyridine rings is 1. The van der Waals surface area contributed by atoms with Gasteiger partial charge in [-0.25, -0.2) is 0 Å². The van der Waals surface area contributed by atoms with E-state index in [0.717, 1.165) is 48.3 Å². The van der Waals surface area contributed by atoms with Crippen LogP contribution in [-0.4, -0.2) is 64.2 Å². The Balaban J connectivity index is 1.21. The van der Waals surface area contributed by atoms with Gasteiger partial charge in [0.2, 0.25) is 6.41 Å². The fourth-order valence-electron chi connectivity index (χ4n) is 8.36. The predicted octanol–water partition coefficient (Wildman–Crippen LogP) is 3.17. The third-order valence-corrected chi connectivity index (χ3v) is 10.2. The summed E-state index contributed by atoms with van der Waals surface area (Å²) in [6, 6.07) is 13.2. The lowest BCUT2D eigenvalue weighted by Gasteiger charge is -2.64. The number of likely N-dealkylation sites (tertiary alicyclic amines) is 1. The summed E-state index contributed by atoms with van der Waals surface area (Å²) in [6.07, 6.45) is 7.19. The quantitative estimate of drug-likeness (QED) is 0.428. The molecule has 2 unspecified atom stereocenters. The third kappa shape index (κ3) is 3.16. The fourth-order valence-corrected chi connectivity index (χ4v) is 8.36. The van der Waals surface area contributed by atoms with Crippen LogP contribution >= 0.6 is 0 Å². The Morgan fingerprint density at radius 2 is 2.03 bits per heavy atom. The van der Waals surface area contributed by atoms with Crippen molar-refractivity contribution in [2.45, 2.75) is 67.7 Å². The summed E-state index contributed by atoms with van der Waals surface area (Å²) in [4.78, 5) is 32.1. The summed E-state index contributed by atoms with van der Waals surface area (Å²) in [6.45, 7) is 1.93. The zero-order valence-corrected chi connectivity index (χ0v) is 21.7. The van der Waals surface area contributed by atoms with Crippen molar-refractivity contribution in [2.75, 3.05) is 18.4 Å². The van der Waals surface area contributed by atoms with Crippen molar-refractivity contribution in [1.82, 2.24) is 15.2 Å². The zero-order chi connectivity index (χ0) is 26.4. The highest BCUT2D eigenvalue weighted by Crippen LogP contribution is 2.65. The van der Waals surface area contributed by atoms with E-state index in [0.29, 0.717) is 36.3 Å². The van der Waals surface area contributed by atoms with Crippen LogP contribution in [0.25, 0.3) is 10.9 Å². The van der Waals surface area contributed by atoms with Gasteiger partial charge >= 0.3 is 0 Å². The maximum Gasteiger partial charge on any atom is 0.252 e. The average Bonchev–Trinajstić information content (AvgIpc) is 3.69. The Hall–Kier alpha value is -3.49. The number of rotatable bonds is 6. The van der Waals surface area contributed by atoms with E-state index in [1.165, 1.54) is 18.4 Å². The molecule has 8 nitrogen and oxygen atoms in total. The van der Waals surface area contributed by atoms with Crippen LogP contribution in [0.15, 0.2) is 48.7 Å². The van der Waals surface area contributed by atoms with Gasteiger partial charge in [0.1, 0.15) is 11.9 Å². The topological polar surface area (TPSA) is 104 Å². The largest absolute Gasteiger partial charge is 0.485 e. The van der Waals surface area contributed by atoms with Crippen LogP contribution in [0.1, 0.15) is 53.6 Å². The van der Waals surface area contributed by atoms with Gasteiger partial charge in [-0.3, -0.25) is 19.5 Å². The number of aromatic nitrogens is 1. The minimum atomic E-state index is -0.965. The van der Waals surface area contributed by atoms with Crippen LogP contribution in [0.3, 0.4) is 0 Å². The molecule has 1 spiro atoms. The minimum Gasteiger partial charge on any atom is -0.485 e. The number of para-hydroxylation sites is 1. The van der Waals surface area contributed by atoms with Crippen molar-refractivity contribution in [3.05, 3.63) is 65.4 Å². The van der Waals surface area contributed by atoms with Gasteiger partial charge in [-0.1, -0.05) is 24.3 Å². The number of nitrogens with zero attached hydrogens (tertiary/aromatic N) is 2. The molecule has 2 bridgehead atoms. The van der Waals surface area contributed by atoms with Crippen LogP contribution in [0.2, 0.25) is 0 Å². The molecule has 2 aromatic carbocycles. The first kappa shape index (κ1) is 23.4. The van der Waals surface area contributed by atoms with E-state index in [9.17, 15) is 14.7 Å². The SMILES string of the molecule is O=CNc1ccc2c3c1OC1C(NC(=O)c4ccnc5ccccc45)CC[C@@]4(O)[C@@H](C2)N(CC2CC2)CC[C@]314. The van der Waals surface area contributed by atoms with Crippen molar-refractivity contribution in [1.29, 1.82) is 0 Å². The lowest BCUT2D eigenvalue weighted by molar-refractivity contribution is -0.190. The van der Waals surface area contributed by atoms with Crippen molar-refractivity contribution < 1.29 is 19.4 Å². The van der Waals surface area contributed by atoms with Gasteiger partial charge in [0, 0.05) is 29.7 Å². The molecule has 3 fully saturated rings. The maximum atomic E-state index is 13.7. The van der Waals surface area contributed by atoms with Crippen LogP contribution < -0.4 is 15.4 Å². The Kier molecular flexibility index (Phi) is 4.95. The molecule has 5 atom stereocenters. The van der Waals surface area contributed by atoms with Crippen LogP contribution in [0, 0.1) is 5.92 Å². The first-order valence-electron chi connectivity index (χ1n) is 14.2. The first-order valence-corrected chi connectivity index (χ1v) is 14.2. The molecule has 39 heavy (non-hydrogen) atoms. The smallest absolute Gasteiger partial charge is 0.252 e. The highest BCUT2D eigenvalue weighted by molar-refractivity contribution is 6.06. The molecular weight excluding hydrogens is 492 g/mol. The summed E-state index contributed by atoms with van der Waals surface area (Å²) in [7, 11) is 0. The molecule has 2 aliphatic heterocycles.